The predicted octanol–water partition coefficient (Wildman–Crippen LogP) is 4.03. The fourth-order valence-corrected chi connectivity index (χ4v) is 11.9. The highest BCUT2D eigenvalue weighted by atomic mass is 32.2. The van der Waals surface area contributed by atoms with Crippen LogP contribution >= 0.6 is 7.68 Å². The molecule has 3 aromatic carbocycles. The first kappa shape index (κ1) is 38.5. The maximum Gasteiger partial charge on any atom is 0.367 e. The first-order valence-corrected chi connectivity index (χ1v) is 24.2. The molecule has 1 atom stereocenters. The predicted molar refractivity (Wildman–Crippen MR) is 210 cm³/mol. The zero-order chi connectivity index (χ0) is 39.7. The van der Waals surface area contributed by atoms with Gasteiger partial charge in [0.25, 0.3) is 10.1 Å². The molecule has 0 bridgehead atoms. The monoisotopic (exact) mass is 839 g/mol. The first-order valence-electron chi connectivity index (χ1n) is 19.6. The van der Waals surface area contributed by atoms with Gasteiger partial charge in [0.1, 0.15) is 29.5 Å². The van der Waals surface area contributed by atoms with E-state index in [1.165, 1.54) is 45.2 Å². The van der Waals surface area contributed by atoms with Gasteiger partial charge in [-0.2, -0.15) is 12.6 Å². The molecule has 2 N–H and O–H groups in total. The fraction of sp³-hybridized carbons (Fsp3) is 0.462. The molecule has 57 heavy (non-hydrogen) atoms. The van der Waals surface area contributed by atoms with Crippen molar-refractivity contribution in [3.63, 3.8) is 0 Å². The highest BCUT2D eigenvalue weighted by molar-refractivity contribution is 7.89. The molecule has 0 radical (unpaired) electrons. The summed E-state index contributed by atoms with van der Waals surface area (Å²) in [5, 5.41) is 9.96. The van der Waals surface area contributed by atoms with Gasteiger partial charge < -0.3 is 14.2 Å². The van der Waals surface area contributed by atoms with Crippen LogP contribution in [0.1, 0.15) is 77.6 Å². The second kappa shape index (κ2) is 14.7. The van der Waals surface area contributed by atoms with Crippen LogP contribution in [0.5, 0.6) is 11.5 Å². The lowest BCUT2D eigenvalue weighted by Crippen LogP contribution is -2.45. The summed E-state index contributed by atoms with van der Waals surface area (Å²) in [5.74, 6) is 1.41. The largest absolute Gasteiger partial charge is 0.455 e. The van der Waals surface area contributed by atoms with Gasteiger partial charge in [0.2, 0.25) is 15.4 Å². The standard InChI is InChI=1S/C39H44FN6O8PS2/c1-53-55(40,47)19-3-2-18-46-24-27(42-43-46)23-41-56(48,49)28-12-13-29(34(22-28)57(50,51)52)35-32-20-25-8-4-14-44-16-6-10-30(36(25)44)38(32)54-39-31-11-7-17-45-15-5-9-26(37(31)45)21-33(35)39/h12-13,20-22,24,41H,2-11,14-19,23H2,1H3/p+1. The molecule has 18 heteroatoms. The molecule has 4 aromatic rings. The van der Waals surface area contributed by atoms with E-state index in [1.807, 2.05) is 0 Å². The van der Waals surface area contributed by atoms with E-state index < -0.39 is 32.7 Å². The summed E-state index contributed by atoms with van der Waals surface area (Å²) in [6, 6.07) is 8.10. The van der Waals surface area contributed by atoms with Crippen LogP contribution in [0.3, 0.4) is 0 Å². The molecular formula is C39H45FN6O8PS2+. The third kappa shape index (κ3) is 7.14. The average molecular weight is 840 g/mol. The summed E-state index contributed by atoms with van der Waals surface area (Å²) < 4.78 is 108. The van der Waals surface area contributed by atoms with Crippen LogP contribution in [0.2, 0.25) is 0 Å². The number of halogens is 1. The Balaban J connectivity index is 1.12. The van der Waals surface area contributed by atoms with Gasteiger partial charge in [-0.05, 0) is 81.2 Å². The number of anilines is 1. The maximum atomic E-state index is 13.7. The Bertz CT molecular complexity index is 2730. The van der Waals surface area contributed by atoms with Crippen LogP contribution in [0.25, 0.3) is 5.57 Å². The summed E-state index contributed by atoms with van der Waals surface area (Å²) in [7, 11) is -12.3. The van der Waals surface area contributed by atoms with Crippen LogP contribution in [0.15, 0.2) is 46.3 Å². The summed E-state index contributed by atoms with van der Waals surface area (Å²) in [5.41, 5.74) is 7.62. The quantitative estimate of drug-likeness (QED) is 0.0805. The normalized spacial score (nSPS) is 18.3. The third-order valence-electron chi connectivity index (χ3n) is 11.9. The Morgan fingerprint density at radius 2 is 1.70 bits per heavy atom. The van der Waals surface area contributed by atoms with Gasteiger partial charge in [-0.1, -0.05) is 11.3 Å². The minimum atomic E-state index is -4.96. The van der Waals surface area contributed by atoms with Crippen molar-refractivity contribution in [2.75, 3.05) is 44.4 Å². The molecule has 302 valence electrons. The van der Waals surface area contributed by atoms with Crippen molar-refractivity contribution in [1.82, 2.24) is 24.3 Å². The van der Waals surface area contributed by atoms with E-state index in [0.29, 0.717) is 42.2 Å². The summed E-state index contributed by atoms with van der Waals surface area (Å²) >= 11 is 0. The molecule has 1 aromatic heterocycles. The minimum Gasteiger partial charge on any atom is -0.455 e. The lowest BCUT2D eigenvalue weighted by atomic mass is 9.82. The lowest BCUT2D eigenvalue weighted by Gasteiger charge is -2.39. The summed E-state index contributed by atoms with van der Waals surface area (Å²) in [6.07, 6.45) is 9.35. The molecule has 14 nitrogen and oxygen atoms in total. The summed E-state index contributed by atoms with van der Waals surface area (Å²) in [4.78, 5) is 1.57. The number of aromatic nitrogens is 3. The van der Waals surface area contributed by atoms with Gasteiger partial charge in [0, 0.05) is 84.5 Å². The van der Waals surface area contributed by atoms with Crippen molar-refractivity contribution in [3.05, 3.63) is 86.2 Å². The van der Waals surface area contributed by atoms with E-state index in [0.717, 1.165) is 113 Å². The number of hydrogen-bond acceptors (Lipinski definition) is 10. The first-order chi connectivity index (χ1) is 27.3. The van der Waals surface area contributed by atoms with Crippen LogP contribution in [-0.2, 0) is 68.0 Å². The minimum absolute atomic E-state index is 0.200. The van der Waals surface area contributed by atoms with Crippen molar-refractivity contribution >= 4 is 39.1 Å². The van der Waals surface area contributed by atoms with Crippen molar-refractivity contribution in [2.45, 2.75) is 87.1 Å². The number of aryl methyl sites for hydroxylation is 3. The highest BCUT2D eigenvalue weighted by Gasteiger charge is 2.37. The average Bonchev–Trinajstić information content (AvgIpc) is 3.66. The number of nitrogens with one attached hydrogen (secondary N) is 1. The number of fused-ring (bicyclic) bond motifs is 4. The van der Waals surface area contributed by atoms with Crippen molar-refractivity contribution in [3.8, 4) is 11.5 Å². The van der Waals surface area contributed by atoms with Gasteiger partial charge in [-0.3, -0.25) is 13.8 Å². The number of rotatable bonds is 12. The lowest BCUT2D eigenvalue weighted by molar-refractivity contribution is 0.353. The molecule has 0 saturated carbocycles. The number of sulfonamides is 1. The Morgan fingerprint density at radius 1 is 0.947 bits per heavy atom. The molecule has 9 rings (SSSR count). The van der Waals surface area contributed by atoms with E-state index in [9.17, 15) is 30.2 Å². The SMILES string of the molecule is COP(=O)(F)CCCCn1cc(CNS(=O)(=O)c2ccc(C3=c4cc5c6c(c4Oc4c3cc3c7c4CCCN7CCC3)CCC[N+]=6CCC5)c(S(=O)(=O)O)c2)nn1. The summed E-state index contributed by atoms with van der Waals surface area (Å²) in [6.45, 7) is 3.96. The smallest absolute Gasteiger partial charge is 0.367 e. The third-order valence-corrected chi connectivity index (χ3v) is 15.6. The van der Waals surface area contributed by atoms with E-state index in [-0.39, 0.29) is 23.2 Å². The maximum absolute atomic E-state index is 13.7. The number of ether oxygens (including phenoxy) is 1. The van der Waals surface area contributed by atoms with Gasteiger partial charge >= 0.3 is 7.68 Å². The van der Waals surface area contributed by atoms with Gasteiger partial charge in [-0.15, -0.1) is 5.10 Å². The molecule has 5 aliphatic heterocycles. The number of hydrogen-bond donors (Lipinski definition) is 2. The Morgan fingerprint density at radius 3 is 2.49 bits per heavy atom. The molecule has 0 amide bonds. The van der Waals surface area contributed by atoms with E-state index in [4.69, 9.17) is 4.74 Å². The van der Waals surface area contributed by atoms with E-state index in [1.54, 1.807) is 0 Å². The van der Waals surface area contributed by atoms with Gasteiger partial charge in [0.05, 0.1) is 28.9 Å². The molecular weight excluding hydrogens is 795 g/mol. The molecule has 6 heterocycles. The Hall–Kier alpha value is -3.99. The van der Waals surface area contributed by atoms with Crippen LogP contribution in [0, 0.1) is 0 Å². The molecule has 0 saturated heterocycles. The van der Waals surface area contributed by atoms with Crippen LogP contribution < -0.4 is 29.5 Å². The molecule has 0 aliphatic carbocycles. The zero-order valence-corrected chi connectivity index (χ0v) is 34.2. The molecule has 5 aliphatic rings. The van der Waals surface area contributed by atoms with Gasteiger partial charge in [0.15, 0.2) is 0 Å². The molecule has 1 unspecified atom stereocenters. The van der Waals surface area contributed by atoms with E-state index >= 15 is 0 Å². The number of benzene rings is 3. The molecule has 0 fully saturated rings. The van der Waals surface area contributed by atoms with Crippen molar-refractivity contribution < 1.29 is 39.4 Å². The number of unbranched alkanes of at least 4 members (excludes halogenated alkanes) is 1. The topological polar surface area (TPSA) is 173 Å². The van der Waals surface area contributed by atoms with Gasteiger partial charge in [-0.25, -0.2) is 17.7 Å². The second-order valence-corrected chi connectivity index (χ2v) is 20.6. The fourth-order valence-electron chi connectivity index (χ4n) is 9.34. The van der Waals surface area contributed by atoms with Crippen LogP contribution in [0.4, 0.5) is 9.88 Å². The van der Waals surface area contributed by atoms with Crippen LogP contribution in [-0.4, -0.2) is 75.8 Å². The van der Waals surface area contributed by atoms with Crippen molar-refractivity contribution in [2.24, 2.45) is 0 Å². The van der Waals surface area contributed by atoms with E-state index in [2.05, 4.69) is 41.2 Å². The second-order valence-electron chi connectivity index (χ2n) is 15.5. The van der Waals surface area contributed by atoms with Crippen molar-refractivity contribution in [1.29, 1.82) is 0 Å². The zero-order valence-electron chi connectivity index (χ0n) is 31.7. The number of nitrogens with zero attached hydrogens (tertiary/aromatic N) is 5. The highest BCUT2D eigenvalue weighted by Crippen LogP contribution is 2.50. The Labute approximate surface area is 330 Å². The molecule has 0 spiro atoms. The Kier molecular flexibility index (Phi) is 9.92.